The number of hydrogen-bond acceptors (Lipinski definition) is 4. The number of hydrogen-bond donors (Lipinski definition) is 3. The van der Waals surface area contributed by atoms with Gasteiger partial charge < -0.3 is 10.6 Å². The van der Waals surface area contributed by atoms with Gasteiger partial charge in [-0.05, 0) is 48.7 Å². The van der Waals surface area contributed by atoms with Crippen LogP contribution in [-0.4, -0.2) is 26.8 Å². The van der Waals surface area contributed by atoms with Gasteiger partial charge in [-0.2, -0.15) is 0 Å². The first-order valence-electron chi connectivity index (χ1n) is 8.59. The van der Waals surface area contributed by atoms with Gasteiger partial charge in [0, 0.05) is 24.2 Å². The maximum absolute atomic E-state index is 12.3. The van der Waals surface area contributed by atoms with E-state index in [2.05, 4.69) is 10.6 Å². The Morgan fingerprint density at radius 2 is 1.78 bits per heavy atom. The Kier molecular flexibility index (Phi) is 7.09. The van der Waals surface area contributed by atoms with Crippen LogP contribution in [0, 0.1) is 0 Å². The second kappa shape index (κ2) is 9.29. The van der Waals surface area contributed by atoms with E-state index in [-0.39, 0.29) is 16.7 Å². The number of carbonyl (C=O) groups is 2. The number of benzene rings is 2. The monoisotopic (exact) mass is 389 g/mol. The first-order valence-corrected chi connectivity index (χ1v) is 10.1. The van der Waals surface area contributed by atoms with Gasteiger partial charge in [0.2, 0.25) is 15.9 Å². The molecule has 0 saturated carbocycles. The lowest BCUT2D eigenvalue weighted by molar-refractivity contribution is -0.116. The number of nitrogens with two attached hydrogens (primary N) is 1. The van der Waals surface area contributed by atoms with Gasteiger partial charge in [0.1, 0.15) is 0 Å². The van der Waals surface area contributed by atoms with Crippen molar-refractivity contribution in [3.05, 3.63) is 59.7 Å². The van der Waals surface area contributed by atoms with E-state index in [9.17, 15) is 18.0 Å². The molecule has 0 heterocycles. The van der Waals surface area contributed by atoms with Gasteiger partial charge >= 0.3 is 0 Å². The van der Waals surface area contributed by atoms with E-state index >= 15 is 0 Å². The van der Waals surface area contributed by atoms with Crippen LogP contribution in [0.1, 0.15) is 35.7 Å². The summed E-state index contributed by atoms with van der Waals surface area (Å²) in [5.74, 6) is -0.333. The Morgan fingerprint density at radius 1 is 1.07 bits per heavy atom. The van der Waals surface area contributed by atoms with Crippen molar-refractivity contribution in [1.29, 1.82) is 0 Å². The summed E-state index contributed by atoms with van der Waals surface area (Å²) in [6, 6.07) is 12.9. The van der Waals surface area contributed by atoms with Crippen molar-refractivity contribution in [1.82, 2.24) is 5.32 Å². The molecule has 0 aromatic heterocycles. The molecule has 4 N–H and O–H groups in total. The summed E-state index contributed by atoms with van der Waals surface area (Å²) in [5.41, 5.74) is 1.91. The minimum Gasteiger partial charge on any atom is -0.352 e. The van der Waals surface area contributed by atoms with Gasteiger partial charge in [0.05, 0.1) is 4.90 Å². The molecular formula is C19H23N3O4S. The maximum atomic E-state index is 12.3. The molecule has 144 valence electrons. The predicted octanol–water partition coefficient (Wildman–Crippen LogP) is 2.05. The van der Waals surface area contributed by atoms with E-state index in [0.29, 0.717) is 30.6 Å². The van der Waals surface area contributed by atoms with Crippen LogP contribution < -0.4 is 15.8 Å². The quantitative estimate of drug-likeness (QED) is 0.640. The van der Waals surface area contributed by atoms with Crippen molar-refractivity contribution in [3.8, 4) is 0 Å². The predicted molar refractivity (Wildman–Crippen MR) is 104 cm³/mol. The summed E-state index contributed by atoms with van der Waals surface area (Å²) in [5, 5.41) is 10.6. The van der Waals surface area contributed by atoms with Crippen LogP contribution in [0.5, 0.6) is 0 Å². The zero-order valence-electron chi connectivity index (χ0n) is 15.1. The highest BCUT2D eigenvalue weighted by molar-refractivity contribution is 7.89. The third-order valence-corrected chi connectivity index (χ3v) is 4.77. The Balaban J connectivity index is 1.89. The van der Waals surface area contributed by atoms with E-state index in [4.69, 9.17) is 5.14 Å². The molecule has 0 radical (unpaired) electrons. The molecule has 2 rings (SSSR count). The Labute approximate surface area is 159 Å². The Hall–Kier alpha value is -2.71. The number of carbonyl (C=O) groups excluding carboxylic acids is 2. The van der Waals surface area contributed by atoms with Crippen LogP contribution >= 0.6 is 0 Å². The topological polar surface area (TPSA) is 118 Å². The summed E-state index contributed by atoms with van der Waals surface area (Å²) in [6.45, 7) is 2.31. The van der Waals surface area contributed by atoms with Crippen LogP contribution in [0.15, 0.2) is 53.4 Å². The highest BCUT2D eigenvalue weighted by Gasteiger charge is 2.09. The van der Waals surface area contributed by atoms with Crippen molar-refractivity contribution < 1.29 is 18.0 Å². The summed E-state index contributed by atoms with van der Waals surface area (Å²) >= 11 is 0. The number of rotatable bonds is 8. The lowest BCUT2D eigenvalue weighted by atomic mass is 10.1. The third kappa shape index (κ3) is 6.50. The number of amides is 2. The summed E-state index contributed by atoms with van der Waals surface area (Å²) < 4.78 is 22.5. The molecule has 0 bridgehead atoms. The zero-order valence-corrected chi connectivity index (χ0v) is 15.9. The van der Waals surface area contributed by atoms with Crippen LogP contribution in [0.2, 0.25) is 0 Å². The molecule has 0 spiro atoms. The molecule has 0 saturated heterocycles. The smallest absolute Gasteiger partial charge is 0.251 e. The van der Waals surface area contributed by atoms with Crippen LogP contribution in [-0.2, 0) is 21.2 Å². The van der Waals surface area contributed by atoms with Crippen LogP contribution in [0.25, 0.3) is 0 Å². The van der Waals surface area contributed by atoms with E-state index in [1.807, 2.05) is 6.92 Å². The van der Waals surface area contributed by atoms with Crippen molar-refractivity contribution in [2.75, 3.05) is 11.9 Å². The van der Waals surface area contributed by atoms with Gasteiger partial charge in [-0.15, -0.1) is 0 Å². The van der Waals surface area contributed by atoms with Gasteiger partial charge in [-0.3, -0.25) is 9.59 Å². The molecule has 2 aromatic carbocycles. The molecule has 0 aliphatic carbocycles. The molecular weight excluding hydrogens is 366 g/mol. The lowest BCUT2D eigenvalue weighted by Gasteiger charge is -2.08. The van der Waals surface area contributed by atoms with Crippen molar-refractivity contribution in [2.45, 2.75) is 31.1 Å². The minimum atomic E-state index is -3.71. The number of primary sulfonamides is 1. The average molecular weight is 389 g/mol. The zero-order chi connectivity index (χ0) is 19.9. The third-order valence-electron chi connectivity index (χ3n) is 3.84. The van der Waals surface area contributed by atoms with Gasteiger partial charge in [-0.1, -0.05) is 25.1 Å². The SMILES string of the molecule is CCCC(=O)Nc1cccc(C(=O)NCCc2ccc(S(N)(=O)=O)cc2)c1. The Morgan fingerprint density at radius 3 is 2.41 bits per heavy atom. The van der Waals surface area contributed by atoms with Gasteiger partial charge in [-0.25, -0.2) is 13.6 Å². The van der Waals surface area contributed by atoms with Gasteiger partial charge in [0.15, 0.2) is 0 Å². The second-order valence-electron chi connectivity index (χ2n) is 6.07. The number of nitrogens with one attached hydrogen (secondary N) is 2. The molecule has 2 aromatic rings. The normalized spacial score (nSPS) is 11.0. The first kappa shape index (κ1) is 20.6. The molecule has 0 unspecified atom stereocenters. The molecule has 0 fully saturated rings. The van der Waals surface area contributed by atoms with E-state index in [0.717, 1.165) is 12.0 Å². The fourth-order valence-corrected chi connectivity index (χ4v) is 2.97. The molecule has 27 heavy (non-hydrogen) atoms. The Bertz CT molecular complexity index is 909. The molecule has 2 amide bonds. The summed E-state index contributed by atoms with van der Waals surface area (Å²) in [4.78, 5) is 24.0. The first-order chi connectivity index (χ1) is 12.8. The fraction of sp³-hybridized carbons (Fsp3) is 0.263. The summed E-state index contributed by atoms with van der Waals surface area (Å²) in [7, 11) is -3.71. The molecule has 0 aliphatic rings. The molecule has 7 nitrogen and oxygen atoms in total. The molecule has 8 heteroatoms. The maximum Gasteiger partial charge on any atom is 0.251 e. The highest BCUT2D eigenvalue weighted by Crippen LogP contribution is 2.12. The number of anilines is 1. The van der Waals surface area contributed by atoms with Crippen LogP contribution in [0.3, 0.4) is 0 Å². The van der Waals surface area contributed by atoms with E-state index in [1.54, 1.807) is 36.4 Å². The standard InChI is InChI=1S/C19H23N3O4S/c1-2-4-18(23)22-16-6-3-5-15(13-16)19(24)21-12-11-14-7-9-17(10-8-14)27(20,25)26/h3,5-10,13H,2,4,11-12H2,1H3,(H,21,24)(H,22,23)(H2,20,25,26). The average Bonchev–Trinajstić information content (AvgIpc) is 2.61. The van der Waals surface area contributed by atoms with Crippen molar-refractivity contribution in [2.24, 2.45) is 5.14 Å². The lowest BCUT2D eigenvalue weighted by Crippen LogP contribution is -2.25. The highest BCUT2D eigenvalue weighted by atomic mass is 32.2. The van der Waals surface area contributed by atoms with Gasteiger partial charge in [0.25, 0.3) is 5.91 Å². The largest absolute Gasteiger partial charge is 0.352 e. The van der Waals surface area contributed by atoms with Crippen molar-refractivity contribution >= 4 is 27.5 Å². The van der Waals surface area contributed by atoms with E-state index in [1.165, 1.54) is 12.1 Å². The van der Waals surface area contributed by atoms with Crippen molar-refractivity contribution in [3.63, 3.8) is 0 Å². The summed E-state index contributed by atoms with van der Waals surface area (Å²) in [6.07, 6.45) is 1.73. The van der Waals surface area contributed by atoms with Crippen LogP contribution in [0.4, 0.5) is 5.69 Å². The number of sulfonamides is 1. The molecule has 0 atom stereocenters. The fourth-order valence-electron chi connectivity index (χ4n) is 2.46. The second-order valence-corrected chi connectivity index (χ2v) is 7.64. The minimum absolute atomic E-state index is 0.0530. The molecule has 0 aliphatic heterocycles. The van der Waals surface area contributed by atoms with E-state index < -0.39 is 10.0 Å².